The number of rotatable bonds is 7. The highest BCUT2D eigenvalue weighted by atomic mass is 32.2. The molecule has 3 aromatic rings. The van der Waals surface area contributed by atoms with Crippen LogP contribution in [0, 0.1) is 0 Å². The summed E-state index contributed by atoms with van der Waals surface area (Å²) in [5, 5.41) is 5.49. The molecule has 2 aromatic carbocycles. The Hall–Kier alpha value is -2.31. The van der Waals surface area contributed by atoms with Crippen LogP contribution in [0.15, 0.2) is 65.7 Å². The molecule has 4 nitrogen and oxygen atoms in total. The molecule has 0 spiro atoms. The molecule has 1 fully saturated rings. The third kappa shape index (κ3) is 5.43. The molecular formula is C24H28N2O2SSi. The molecule has 0 bridgehead atoms. The van der Waals surface area contributed by atoms with E-state index in [2.05, 4.69) is 61.4 Å². The maximum absolute atomic E-state index is 12.1. The largest absolute Gasteiger partial charge is 0.450 e. The van der Waals surface area contributed by atoms with Crippen LogP contribution < -0.4 is 5.32 Å². The van der Waals surface area contributed by atoms with Gasteiger partial charge in [-0.1, -0.05) is 68.2 Å². The Bertz CT molecular complexity index is 1040. The van der Waals surface area contributed by atoms with Gasteiger partial charge in [0.1, 0.15) is 5.03 Å². The van der Waals surface area contributed by atoms with E-state index in [1.165, 1.54) is 0 Å². The SMILES string of the molecule is C[Si](C)(C)CCOC(=O)N[C@@H]1C[C@H]1Sc1nc2ccccc2cc1-c1ccccc1. The van der Waals surface area contributed by atoms with Crippen LogP contribution in [-0.4, -0.2) is 37.0 Å². The second kappa shape index (κ2) is 8.82. The van der Waals surface area contributed by atoms with Crippen molar-refractivity contribution in [3.63, 3.8) is 0 Å². The van der Waals surface area contributed by atoms with E-state index < -0.39 is 8.07 Å². The van der Waals surface area contributed by atoms with Gasteiger partial charge in [-0.3, -0.25) is 0 Å². The lowest BCUT2D eigenvalue weighted by molar-refractivity contribution is 0.151. The predicted molar refractivity (Wildman–Crippen MR) is 128 cm³/mol. The zero-order valence-corrected chi connectivity index (χ0v) is 19.5. The zero-order chi connectivity index (χ0) is 21.1. The number of carbonyl (C=O) groups is 1. The molecule has 0 aliphatic heterocycles. The van der Waals surface area contributed by atoms with Gasteiger partial charge in [0.05, 0.1) is 12.1 Å². The lowest BCUT2D eigenvalue weighted by Gasteiger charge is -2.15. The summed E-state index contributed by atoms with van der Waals surface area (Å²) in [6.07, 6.45) is 0.646. The van der Waals surface area contributed by atoms with Crippen LogP contribution >= 0.6 is 11.8 Å². The molecule has 0 saturated heterocycles. The maximum atomic E-state index is 12.1. The van der Waals surface area contributed by atoms with Crippen LogP contribution in [-0.2, 0) is 4.74 Å². The number of hydrogen-bond donors (Lipinski definition) is 1. The molecule has 0 unspecified atom stereocenters. The summed E-state index contributed by atoms with van der Waals surface area (Å²) in [4.78, 5) is 17.0. The Morgan fingerprint density at radius 1 is 1.13 bits per heavy atom. The van der Waals surface area contributed by atoms with Crippen LogP contribution in [0.2, 0.25) is 25.7 Å². The Kier molecular flexibility index (Phi) is 6.15. The van der Waals surface area contributed by atoms with Gasteiger partial charge in [-0.25, -0.2) is 9.78 Å². The number of nitrogens with one attached hydrogen (secondary N) is 1. The first kappa shape index (κ1) is 20.9. The lowest BCUT2D eigenvalue weighted by Crippen LogP contribution is -2.30. The highest BCUT2D eigenvalue weighted by molar-refractivity contribution is 8.00. The topological polar surface area (TPSA) is 51.2 Å². The molecule has 30 heavy (non-hydrogen) atoms. The van der Waals surface area contributed by atoms with Gasteiger partial charge >= 0.3 is 6.09 Å². The second-order valence-electron chi connectivity index (χ2n) is 8.99. The average Bonchev–Trinajstić information content (AvgIpc) is 3.44. The summed E-state index contributed by atoms with van der Waals surface area (Å²) in [7, 11) is -1.19. The molecule has 1 aromatic heterocycles. The summed E-state index contributed by atoms with van der Waals surface area (Å²) < 4.78 is 5.38. The third-order valence-corrected chi connectivity index (χ3v) is 8.22. The van der Waals surface area contributed by atoms with E-state index >= 15 is 0 Å². The molecule has 1 aliphatic carbocycles. The Morgan fingerprint density at radius 2 is 1.87 bits per heavy atom. The number of thioether (sulfide) groups is 1. The Balaban J connectivity index is 1.44. The minimum absolute atomic E-state index is 0.145. The van der Waals surface area contributed by atoms with Crippen LogP contribution in [0.25, 0.3) is 22.0 Å². The van der Waals surface area contributed by atoms with Gasteiger partial charge in [-0.15, -0.1) is 11.8 Å². The molecule has 1 aliphatic rings. The summed E-state index contributed by atoms with van der Waals surface area (Å²) >= 11 is 1.75. The second-order valence-corrected chi connectivity index (χ2v) is 15.8. The predicted octanol–water partition coefficient (Wildman–Crippen LogP) is 6.20. The molecule has 6 heteroatoms. The number of carbonyl (C=O) groups excluding carboxylic acids is 1. The number of amides is 1. The van der Waals surface area contributed by atoms with Crippen molar-refractivity contribution >= 4 is 36.8 Å². The van der Waals surface area contributed by atoms with E-state index in [0.717, 1.165) is 39.5 Å². The van der Waals surface area contributed by atoms with Gasteiger partial charge in [0.25, 0.3) is 0 Å². The molecule has 4 rings (SSSR count). The van der Waals surface area contributed by atoms with Crippen LogP contribution in [0.5, 0.6) is 0 Å². The van der Waals surface area contributed by atoms with Crippen molar-refractivity contribution < 1.29 is 9.53 Å². The van der Waals surface area contributed by atoms with Crippen molar-refractivity contribution in [2.45, 2.75) is 48.4 Å². The van der Waals surface area contributed by atoms with Crippen molar-refractivity contribution in [1.29, 1.82) is 0 Å². The quantitative estimate of drug-likeness (QED) is 0.448. The van der Waals surface area contributed by atoms with Crippen molar-refractivity contribution in [3.05, 3.63) is 60.7 Å². The zero-order valence-electron chi connectivity index (χ0n) is 17.7. The van der Waals surface area contributed by atoms with E-state index in [1.807, 2.05) is 24.3 Å². The van der Waals surface area contributed by atoms with Gasteiger partial charge in [0, 0.05) is 30.3 Å². The highest BCUT2D eigenvalue weighted by Gasteiger charge is 2.40. The first-order valence-electron chi connectivity index (χ1n) is 10.4. The fourth-order valence-corrected chi connectivity index (χ4v) is 5.24. The first-order valence-corrected chi connectivity index (χ1v) is 15.0. The third-order valence-electron chi connectivity index (χ3n) is 5.16. The smallest absolute Gasteiger partial charge is 0.407 e. The fourth-order valence-electron chi connectivity index (χ4n) is 3.25. The van der Waals surface area contributed by atoms with Crippen molar-refractivity contribution in [2.24, 2.45) is 0 Å². The normalized spacial score (nSPS) is 18.2. The number of benzene rings is 2. The summed E-state index contributed by atoms with van der Waals surface area (Å²) in [6.45, 7) is 7.35. The number of ether oxygens (including phenoxy) is 1. The molecule has 1 amide bonds. The first-order chi connectivity index (χ1) is 14.4. The maximum Gasteiger partial charge on any atom is 0.407 e. The lowest BCUT2D eigenvalue weighted by atomic mass is 10.1. The number of pyridine rings is 1. The van der Waals surface area contributed by atoms with Crippen molar-refractivity contribution in [2.75, 3.05) is 6.61 Å². The van der Waals surface area contributed by atoms with Gasteiger partial charge in [-0.05, 0) is 30.2 Å². The van der Waals surface area contributed by atoms with Crippen LogP contribution in [0.3, 0.4) is 0 Å². The number of fused-ring (bicyclic) bond motifs is 1. The minimum atomic E-state index is -1.19. The summed E-state index contributed by atoms with van der Waals surface area (Å²) in [5.41, 5.74) is 3.30. The number of para-hydroxylation sites is 1. The molecule has 1 saturated carbocycles. The number of hydrogen-bond acceptors (Lipinski definition) is 4. The summed E-state index contributed by atoms with van der Waals surface area (Å²) in [6, 6.07) is 21.9. The monoisotopic (exact) mass is 436 g/mol. The minimum Gasteiger partial charge on any atom is -0.450 e. The van der Waals surface area contributed by atoms with Gasteiger partial charge in [0.2, 0.25) is 0 Å². The summed E-state index contributed by atoms with van der Waals surface area (Å²) in [5.74, 6) is 0. The van der Waals surface area contributed by atoms with Gasteiger partial charge < -0.3 is 10.1 Å². The molecule has 0 radical (unpaired) electrons. The van der Waals surface area contributed by atoms with Crippen molar-refractivity contribution in [1.82, 2.24) is 10.3 Å². The number of nitrogens with zero attached hydrogens (tertiary/aromatic N) is 1. The van der Waals surface area contributed by atoms with E-state index in [1.54, 1.807) is 11.8 Å². The van der Waals surface area contributed by atoms with Gasteiger partial charge in [0.15, 0.2) is 0 Å². The standard InChI is InChI=1S/C24H28N2O2SSi/c1-30(2,3)14-13-28-24(27)26-21-16-22(21)29-23-19(17-9-5-4-6-10-17)15-18-11-7-8-12-20(18)25-23/h4-12,15,21-22H,13-14,16H2,1-3H3,(H,26,27)/t21-,22-/m1/s1. The molecule has 156 valence electrons. The Labute approximate surface area is 183 Å². The Morgan fingerprint density at radius 3 is 2.63 bits per heavy atom. The van der Waals surface area contributed by atoms with E-state index in [4.69, 9.17) is 9.72 Å². The molecule has 1 heterocycles. The fraction of sp³-hybridized carbons (Fsp3) is 0.333. The average molecular weight is 437 g/mol. The van der Waals surface area contributed by atoms with E-state index in [9.17, 15) is 4.79 Å². The van der Waals surface area contributed by atoms with Crippen molar-refractivity contribution in [3.8, 4) is 11.1 Å². The van der Waals surface area contributed by atoms with Crippen LogP contribution in [0.1, 0.15) is 6.42 Å². The molecule has 1 N–H and O–H groups in total. The van der Waals surface area contributed by atoms with E-state index in [-0.39, 0.29) is 12.1 Å². The molecule has 2 atom stereocenters. The highest BCUT2D eigenvalue weighted by Crippen LogP contribution is 2.43. The number of alkyl carbamates (subject to hydrolysis) is 1. The molecular weight excluding hydrogens is 408 g/mol. The van der Waals surface area contributed by atoms with Crippen LogP contribution in [0.4, 0.5) is 4.79 Å². The van der Waals surface area contributed by atoms with Gasteiger partial charge in [-0.2, -0.15) is 0 Å². The number of aromatic nitrogens is 1. The van der Waals surface area contributed by atoms with E-state index in [0.29, 0.717) is 11.9 Å².